The van der Waals surface area contributed by atoms with Gasteiger partial charge in [-0.1, -0.05) is 37.3 Å². The number of methoxy groups -OCH3 is 3. The van der Waals surface area contributed by atoms with Gasteiger partial charge in [0.05, 0.1) is 56.4 Å². The molecule has 9 nitrogen and oxygen atoms in total. The fraction of sp³-hybridized carbons (Fsp3) is 0.387. The van der Waals surface area contributed by atoms with Gasteiger partial charge in [-0.15, -0.1) is 0 Å². The van der Waals surface area contributed by atoms with E-state index in [0.29, 0.717) is 61.7 Å². The Balaban J connectivity index is 1.87. The first-order valence-electron chi connectivity index (χ1n) is 13.4. The lowest BCUT2D eigenvalue weighted by Gasteiger charge is -2.25. The molecule has 1 atom stereocenters. The number of thiazole rings is 1. The van der Waals surface area contributed by atoms with Crippen LogP contribution in [0.2, 0.25) is 0 Å². The third kappa shape index (κ3) is 6.32. The molecule has 2 aromatic carbocycles. The summed E-state index contributed by atoms with van der Waals surface area (Å²) in [5, 5.41) is 0. The molecule has 0 radical (unpaired) electrons. The topological polar surface area (TPSA) is 97.6 Å². The number of hydrogen-bond acceptors (Lipinski definition) is 9. The minimum Gasteiger partial charge on any atom is -0.493 e. The number of rotatable bonds is 11. The molecule has 2 heterocycles. The summed E-state index contributed by atoms with van der Waals surface area (Å²) in [7, 11) is 4.69. The zero-order valence-corrected chi connectivity index (χ0v) is 25.3. The minimum atomic E-state index is -0.767. The molecule has 41 heavy (non-hydrogen) atoms. The summed E-state index contributed by atoms with van der Waals surface area (Å²) in [6.07, 6.45) is 2.68. The van der Waals surface area contributed by atoms with Gasteiger partial charge < -0.3 is 23.7 Å². The molecular weight excluding hydrogens is 544 g/mol. The van der Waals surface area contributed by atoms with Gasteiger partial charge in [0.25, 0.3) is 5.56 Å². The summed E-state index contributed by atoms with van der Waals surface area (Å²) < 4.78 is 29.8. The molecule has 218 valence electrons. The highest BCUT2D eigenvalue weighted by Crippen LogP contribution is 2.36. The fourth-order valence-electron chi connectivity index (χ4n) is 4.58. The van der Waals surface area contributed by atoms with E-state index in [1.54, 1.807) is 64.0 Å². The monoisotopic (exact) mass is 580 g/mol. The van der Waals surface area contributed by atoms with E-state index < -0.39 is 12.0 Å². The number of benzene rings is 2. The minimum absolute atomic E-state index is 0.192. The van der Waals surface area contributed by atoms with Gasteiger partial charge in [0, 0.05) is 0 Å². The molecule has 0 N–H and O–H groups in total. The van der Waals surface area contributed by atoms with Crippen LogP contribution >= 0.6 is 11.3 Å². The van der Waals surface area contributed by atoms with Crippen molar-refractivity contribution in [2.75, 3.05) is 34.5 Å². The quantitative estimate of drug-likeness (QED) is 0.313. The number of fused-ring (bicyclic) bond motifs is 1. The molecule has 0 bridgehead atoms. The highest BCUT2D eigenvalue weighted by atomic mass is 32.1. The van der Waals surface area contributed by atoms with E-state index in [1.807, 2.05) is 18.2 Å². The summed E-state index contributed by atoms with van der Waals surface area (Å²) in [5.74, 6) is 2.22. The van der Waals surface area contributed by atoms with Crippen LogP contribution < -0.4 is 33.8 Å². The number of hydrogen-bond donors (Lipinski definition) is 0. The molecule has 3 aromatic rings. The summed E-state index contributed by atoms with van der Waals surface area (Å²) >= 11 is 1.25. The van der Waals surface area contributed by atoms with Crippen LogP contribution in [0.5, 0.6) is 23.0 Å². The molecule has 10 heteroatoms. The van der Waals surface area contributed by atoms with Crippen molar-refractivity contribution in [1.29, 1.82) is 0 Å². The molecule has 1 aliphatic heterocycles. The van der Waals surface area contributed by atoms with Gasteiger partial charge in [-0.3, -0.25) is 9.36 Å². The van der Waals surface area contributed by atoms with Crippen molar-refractivity contribution in [1.82, 2.24) is 4.57 Å². The second-order valence-corrected chi connectivity index (χ2v) is 10.9. The third-order valence-corrected chi connectivity index (χ3v) is 7.66. The number of carbonyl (C=O) groups excluding carboxylic acids is 1. The van der Waals surface area contributed by atoms with Crippen LogP contribution in [0.4, 0.5) is 0 Å². The highest BCUT2D eigenvalue weighted by molar-refractivity contribution is 7.07. The predicted octanol–water partition coefficient (Wildman–Crippen LogP) is 4.25. The van der Waals surface area contributed by atoms with Crippen LogP contribution in [-0.4, -0.2) is 45.1 Å². The highest BCUT2D eigenvalue weighted by Gasteiger charge is 2.34. The number of carbonyl (C=O) groups is 1. The smallest absolute Gasteiger partial charge is 0.338 e. The lowest BCUT2D eigenvalue weighted by Crippen LogP contribution is -2.40. The van der Waals surface area contributed by atoms with E-state index in [-0.39, 0.29) is 12.2 Å². The molecule has 4 rings (SSSR count). The molecule has 0 saturated carbocycles. The van der Waals surface area contributed by atoms with Crippen molar-refractivity contribution in [3.63, 3.8) is 0 Å². The van der Waals surface area contributed by atoms with Crippen molar-refractivity contribution in [3.8, 4) is 23.0 Å². The third-order valence-electron chi connectivity index (χ3n) is 6.68. The average molecular weight is 581 g/mol. The predicted molar refractivity (Wildman–Crippen MR) is 158 cm³/mol. The first-order chi connectivity index (χ1) is 19.7. The lowest BCUT2D eigenvalue weighted by atomic mass is 9.95. The number of nitrogens with zero attached hydrogens (tertiary/aromatic N) is 2. The maximum absolute atomic E-state index is 13.9. The number of esters is 1. The summed E-state index contributed by atoms with van der Waals surface area (Å²) in [4.78, 5) is 32.3. The van der Waals surface area contributed by atoms with Crippen LogP contribution in [0.1, 0.15) is 51.3 Å². The van der Waals surface area contributed by atoms with Gasteiger partial charge in [0.15, 0.2) is 27.8 Å². The average Bonchev–Trinajstić information content (AvgIpc) is 3.26. The van der Waals surface area contributed by atoms with E-state index >= 15 is 0 Å². The van der Waals surface area contributed by atoms with Crippen molar-refractivity contribution in [3.05, 3.63) is 78.5 Å². The number of aromatic nitrogens is 1. The molecular formula is C31H36N2O7S. The van der Waals surface area contributed by atoms with E-state index in [0.717, 1.165) is 12.0 Å². The summed E-state index contributed by atoms with van der Waals surface area (Å²) in [5.41, 5.74) is 1.94. The zero-order chi connectivity index (χ0) is 29.7. The summed E-state index contributed by atoms with van der Waals surface area (Å²) in [6, 6.07) is 10.1. The Bertz CT molecular complexity index is 1630. The van der Waals surface area contributed by atoms with Crippen LogP contribution in [0.3, 0.4) is 0 Å². The van der Waals surface area contributed by atoms with Crippen LogP contribution in [0.25, 0.3) is 6.08 Å². The molecule has 1 unspecified atom stereocenters. The van der Waals surface area contributed by atoms with Crippen molar-refractivity contribution in [2.45, 2.75) is 40.2 Å². The van der Waals surface area contributed by atoms with Crippen molar-refractivity contribution < 1.29 is 28.5 Å². The Morgan fingerprint density at radius 2 is 1.71 bits per heavy atom. The van der Waals surface area contributed by atoms with Crippen LogP contribution in [0, 0.1) is 5.92 Å². The Morgan fingerprint density at radius 1 is 1.02 bits per heavy atom. The molecule has 1 aliphatic rings. The zero-order valence-electron chi connectivity index (χ0n) is 24.5. The van der Waals surface area contributed by atoms with Gasteiger partial charge in [-0.05, 0) is 67.7 Å². The maximum Gasteiger partial charge on any atom is 0.338 e. The Morgan fingerprint density at radius 3 is 2.37 bits per heavy atom. The van der Waals surface area contributed by atoms with E-state index in [1.165, 1.54) is 11.3 Å². The Kier molecular flexibility index (Phi) is 9.54. The van der Waals surface area contributed by atoms with Crippen LogP contribution in [0.15, 0.2) is 57.5 Å². The van der Waals surface area contributed by atoms with Crippen molar-refractivity contribution >= 4 is 23.4 Å². The molecule has 0 saturated heterocycles. The summed E-state index contributed by atoms with van der Waals surface area (Å²) in [6.45, 7) is 8.51. The van der Waals surface area contributed by atoms with Gasteiger partial charge in [-0.2, -0.15) is 0 Å². The molecule has 1 aromatic heterocycles. The molecule has 0 fully saturated rings. The first kappa shape index (κ1) is 29.9. The number of ether oxygens (including phenoxy) is 5. The van der Waals surface area contributed by atoms with Crippen LogP contribution in [-0.2, 0) is 9.53 Å². The molecule has 0 aliphatic carbocycles. The van der Waals surface area contributed by atoms with Gasteiger partial charge >= 0.3 is 5.97 Å². The Hall–Kier alpha value is -4.05. The number of allylic oxidation sites excluding steroid dienone is 1. The van der Waals surface area contributed by atoms with Crippen molar-refractivity contribution in [2.24, 2.45) is 10.9 Å². The standard InChI is InChI=1S/C31H36N2O7S/c1-8-39-30(35)27-19(4)32-31-33(28(27)21-10-12-23(25(17-21)38-7)40-14-13-18(2)3)29(34)26(41-31)16-20-9-11-22(36-5)24(15-20)37-6/h9-12,15-18,28H,8,13-14H2,1-7H3. The first-order valence-corrected chi connectivity index (χ1v) is 14.3. The normalized spacial score (nSPS) is 14.9. The van der Waals surface area contributed by atoms with E-state index in [9.17, 15) is 9.59 Å². The van der Waals surface area contributed by atoms with Gasteiger partial charge in [0.1, 0.15) is 0 Å². The largest absolute Gasteiger partial charge is 0.493 e. The Labute approximate surface area is 243 Å². The molecule has 0 amide bonds. The molecule has 0 spiro atoms. The van der Waals surface area contributed by atoms with E-state index in [4.69, 9.17) is 23.7 Å². The second-order valence-electron chi connectivity index (χ2n) is 9.86. The van der Waals surface area contributed by atoms with Gasteiger partial charge in [-0.25, -0.2) is 9.79 Å². The van der Waals surface area contributed by atoms with Gasteiger partial charge in [0.2, 0.25) is 0 Å². The fourth-order valence-corrected chi connectivity index (χ4v) is 5.63. The maximum atomic E-state index is 13.9. The second kappa shape index (κ2) is 13.1. The lowest BCUT2D eigenvalue weighted by molar-refractivity contribution is -0.139. The van der Waals surface area contributed by atoms with E-state index in [2.05, 4.69) is 18.8 Å². The SMILES string of the molecule is CCOC(=O)C1=C(C)N=c2sc(=Cc3ccc(OC)c(OC)c3)c(=O)n2C1c1ccc(OCCC(C)C)c(OC)c1.